The fraction of sp³-hybridized carbons (Fsp3) is 0.875. The van der Waals surface area contributed by atoms with Gasteiger partial charge in [0, 0.05) is 20.1 Å². The highest BCUT2D eigenvalue weighted by atomic mass is 16.2. The van der Waals surface area contributed by atoms with Crippen LogP contribution in [0.2, 0.25) is 0 Å². The van der Waals surface area contributed by atoms with E-state index in [0.717, 1.165) is 38.6 Å². The van der Waals surface area contributed by atoms with Crippen LogP contribution in [-0.2, 0) is 9.59 Å². The Morgan fingerprint density at radius 1 is 1.00 bits per heavy atom. The molecule has 5 heteroatoms. The van der Waals surface area contributed by atoms with Crippen LogP contribution in [0, 0.1) is 0 Å². The third-order valence-corrected chi connectivity index (χ3v) is 4.87. The van der Waals surface area contributed by atoms with Crippen molar-refractivity contribution in [1.29, 1.82) is 0 Å². The Labute approximate surface area is 128 Å². The number of piperidine rings is 1. The van der Waals surface area contributed by atoms with Crippen molar-refractivity contribution in [3.8, 4) is 0 Å². The van der Waals surface area contributed by atoms with Crippen LogP contribution in [0.4, 0.5) is 0 Å². The Hall–Kier alpha value is -1.10. The summed E-state index contributed by atoms with van der Waals surface area (Å²) in [6.45, 7) is 1.10. The van der Waals surface area contributed by atoms with Crippen LogP contribution < -0.4 is 5.32 Å². The molecule has 0 spiro atoms. The molecule has 2 rings (SSSR count). The molecule has 0 aromatic carbocycles. The molecule has 1 heterocycles. The van der Waals surface area contributed by atoms with Gasteiger partial charge in [0.15, 0.2) is 0 Å². The highest BCUT2D eigenvalue weighted by Crippen LogP contribution is 2.21. The number of likely N-dealkylation sites (N-methyl/N-ethyl adjacent to an activating group) is 2. The second-order valence-electron chi connectivity index (χ2n) is 6.49. The molecule has 1 unspecified atom stereocenters. The summed E-state index contributed by atoms with van der Waals surface area (Å²) >= 11 is 0. The molecule has 1 saturated heterocycles. The predicted molar refractivity (Wildman–Crippen MR) is 82.9 cm³/mol. The van der Waals surface area contributed by atoms with Gasteiger partial charge in [-0.15, -0.1) is 0 Å². The number of nitrogens with one attached hydrogen (secondary N) is 1. The number of carbonyl (C=O) groups excluding carboxylic acids is 2. The van der Waals surface area contributed by atoms with E-state index < -0.39 is 0 Å². The normalized spacial score (nSPS) is 23.6. The monoisotopic (exact) mass is 295 g/mol. The van der Waals surface area contributed by atoms with Crippen molar-refractivity contribution in [2.75, 3.05) is 27.2 Å². The summed E-state index contributed by atoms with van der Waals surface area (Å²) in [5, 5.41) is 3.25. The van der Waals surface area contributed by atoms with Gasteiger partial charge >= 0.3 is 0 Å². The van der Waals surface area contributed by atoms with Gasteiger partial charge in [0.25, 0.3) is 0 Å². The largest absolute Gasteiger partial charge is 0.341 e. The summed E-state index contributed by atoms with van der Waals surface area (Å²) in [5.41, 5.74) is 0. The van der Waals surface area contributed by atoms with Crippen molar-refractivity contribution in [3.63, 3.8) is 0 Å². The van der Waals surface area contributed by atoms with Gasteiger partial charge in [-0.1, -0.05) is 25.7 Å². The molecule has 2 amide bonds. The molecule has 1 aliphatic carbocycles. The Kier molecular flexibility index (Phi) is 6.03. The number of carbonyl (C=O) groups is 2. The average molecular weight is 295 g/mol. The molecule has 21 heavy (non-hydrogen) atoms. The number of nitrogens with zero attached hydrogens (tertiary/aromatic N) is 2. The van der Waals surface area contributed by atoms with Crippen molar-refractivity contribution < 1.29 is 9.59 Å². The molecule has 120 valence electrons. The molecule has 0 aromatic heterocycles. The van der Waals surface area contributed by atoms with Crippen LogP contribution >= 0.6 is 0 Å². The first kappa shape index (κ1) is 16.3. The quantitative estimate of drug-likeness (QED) is 0.852. The van der Waals surface area contributed by atoms with E-state index >= 15 is 0 Å². The summed E-state index contributed by atoms with van der Waals surface area (Å²) < 4.78 is 0. The highest BCUT2D eigenvalue weighted by molar-refractivity contribution is 5.87. The van der Waals surface area contributed by atoms with Crippen molar-refractivity contribution in [2.24, 2.45) is 0 Å². The first-order chi connectivity index (χ1) is 10.1. The van der Waals surface area contributed by atoms with Gasteiger partial charge in [-0.25, -0.2) is 0 Å². The molecular formula is C16H29N3O2. The highest BCUT2D eigenvalue weighted by Gasteiger charge is 2.27. The first-order valence-electron chi connectivity index (χ1n) is 8.33. The summed E-state index contributed by atoms with van der Waals surface area (Å²) in [7, 11) is 3.63. The van der Waals surface area contributed by atoms with Crippen LogP contribution in [0.3, 0.4) is 0 Å². The average Bonchev–Trinajstić information content (AvgIpc) is 2.55. The van der Waals surface area contributed by atoms with Gasteiger partial charge in [0.1, 0.15) is 0 Å². The molecule has 0 aromatic rings. The van der Waals surface area contributed by atoms with Gasteiger partial charge in [-0.2, -0.15) is 0 Å². The van der Waals surface area contributed by atoms with E-state index in [1.807, 2.05) is 11.9 Å². The van der Waals surface area contributed by atoms with Gasteiger partial charge in [0.2, 0.25) is 11.8 Å². The van der Waals surface area contributed by atoms with Crippen molar-refractivity contribution in [2.45, 2.75) is 63.5 Å². The molecule has 1 aliphatic heterocycles. The first-order valence-corrected chi connectivity index (χ1v) is 8.33. The Morgan fingerprint density at radius 3 is 2.29 bits per heavy atom. The maximum absolute atomic E-state index is 12.4. The summed E-state index contributed by atoms with van der Waals surface area (Å²) in [6, 6.07) is 0.263. The lowest BCUT2D eigenvalue weighted by molar-refractivity contribution is -0.141. The van der Waals surface area contributed by atoms with E-state index in [2.05, 4.69) is 5.32 Å². The molecule has 1 saturated carbocycles. The van der Waals surface area contributed by atoms with E-state index in [1.54, 1.807) is 11.9 Å². The Bertz CT molecular complexity index is 361. The molecule has 2 fully saturated rings. The second-order valence-corrected chi connectivity index (χ2v) is 6.49. The van der Waals surface area contributed by atoms with Gasteiger partial charge in [-0.05, 0) is 32.2 Å². The van der Waals surface area contributed by atoms with Crippen LogP contribution in [0.1, 0.15) is 51.4 Å². The Morgan fingerprint density at radius 2 is 1.67 bits per heavy atom. The third kappa shape index (κ3) is 4.43. The maximum Gasteiger partial charge on any atom is 0.242 e. The smallest absolute Gasteiger partial charge is 0.242 e. The summed E-state index contributed by atoms with van der Waals surface area (Å²) in [6.07, 6.45) is 9.02. The van der Waals surface area contributed by atoms with Gasteiger partial charge in [0.05, 0.1) is 12.6 Å². The Balaban J connectivity index is 1.81. The number of rotatable bonds is 4. The van der Waals surface area contributed by atoms with Gasteiger partial charge in [-0.3, -0.25) is 9.59 Å². The number of hydrogen-bond acceptors (Lipinski definition) is 3. The molecule has 2 aliphatic rings. The zero-order chi connectivity index (χ0) is 15.2. The molecule has 0 radical (unpaired) electrons. The fourth-order valence-electron chi connectivity index (χ4n) is 3.39. The van der Waals surface area contributed by atoms with E-state index in [1.165, 1.54) is 19.3 Å². The zero-order valence-corrected chi connectivity index (χ0v) is 13.4. The minimum atomic E-state index is -0.100. The van der Waals surface area contributed by atoms with Crippen molar-refractivity contribution in [1.82, 2.24) is 15.1 Å². The summed E-state index contributed by atoms with van der Waals surface area (Å²) in [5.74, 6) is 0.119. The maximum atomic E-state index is 12.4. The van der Waals surface area contributed by atoms with E-state index in [-0.39, 0.29) is 24.4 Å². The van der Waals surface area contributed by atoms with E-state index in [0.29, 0.717) is 6.04 Å². The van der Waals surface area contributed by atoms with Crippen LogP contribution in [0.15, 0.2) is 0 Å². The topological polar surface area (TPSA) is 52.7 Å². The minimum absolute atomic E-state index is 0.0556. The van der Waals surface area contributed by atoms with E-state index in [4.69, 9.17) is 0 Å². The molecule has 0 bridgehead atoms. The third-order valence-electron chi connectivity index (χ3n) is 4.87. The molecule has 1 atom stereocenters. The lowest BCUT2D eigenvalue weighted by Gasteiger charge is -2.33. The van der Waals surface area contributed by atoms with Crippen molar-refractivity contribution >= 4 is 11.8 Å². The van der Waals surface area contributed by atoms with Crippen LogP contribution in [-0.4, -0.2) is 60.9 Å². The van der Waals surface area contributed by atoms with Crippen LogP contribution in [0.5, 0.6) is 0 Å². The van der Waals surface area contributed by atoms with Crippen molar-refractivity contribution in [3.05, 3.63) is 0 Å². The lowest BCUT2D eigenvalue weighted by Crippen LogP contribution is -2.50. The second kappa shape index (κ2) is 7.78. The van der Waals surface area contributed by atoms with Gasteiger partial charge < -0.3 is 15.1 Å². The van der Waals surface area contributed by atoms with Crippen LogP contribution in [0.25, 0.3) is 0 Å². The number of hydrogen-bond donors (Lipinski definition) is 1. The molecule has 5 nitrogen and oxygen atoms in total. The predicted octanol–water partition coefficient (Wildman–Crippen LogP) is 1.38. The molecular weight excluding hydrogens is 266 g/mol. The standard InChI is InChI=1S/C16H29N3O2/c1-18(16(21)14-10-6-7-11-17-14)12-15(20)19(2)13-8-4-3-5-9-13/h13-14,17H,3-12H2,1-2H3. The summed E-state index contributed by atoms with van der Waals surface area (Å²) in [4.78, 5) is 28.1. The zero-order valence-electron chi connectivity index (χ0n) is 13.4. The minimum Gasteiger partial charge on any atom is -0.341 e. The molecule has 1 N–H and O–H groups in total. The lowest BCUT2D eigenvalue weighted by atomic mass is 9.94. The SMILES string of the molecule is CN(CC(=O)N(C)C1CCCCC1)C(=O)C1CCCCN1. The number of amides is 2. The fourth-order valence-corrected chi connectivity index (χ4v) is 3.39. The van der Waals surface area contributed by atoms with E-state index in [9.17, 15) is 9.59 Å².